The summed E-state index contributed by atoms with van der Waals surface area (Å²) in [6, 6.07) is 16.2. The van der Waals surface area contributed by atoms with Gasteiger partial charge in [-0.15, -0.1) is 12.4 Å². The molecule has 2 aromatic rings. The van der Waals surface area contributed by atoms with Gasteiger partial charge in [-0.2, -0.15) is 0 Å². The van der Waals surface area contributed by atoms with Crippen LogP contribution < -0.4 is 15.1 Å². The van der Waals surface area contributed by atoms with Gasteiger partial charge >= 0.3 is 6.09 Å². The summed E-state index contributed by atoms with van der Waals surface area (Å²) in [7, 11) is 0. The van der Waals surface area contributed by atoms with Gasteiger partial charge in [-0.1, -0.05) is 36.4 Å². The zero-order chi connectivity index (χ0) is 16.4. The number of piperazine rings is 1. The number of hydrogen-bond acceptors (Lipinski definition) is 4. The van der Waals surface area contributed by atoms with Crippen LogP contribution in [0.3, 0.4) is 0 Å². The molecule has 0 aromatic heterocycles. The van der Waals surface area contributed by atoms with E-state index in [0.717, 1.165) is 43.0 Å². The molecule has 6 heteroatoms. The number of rotatable bonds is 3. The first-order chi connectivity index (χ1) is 11.8. The highest BCUT2D eigenvalue weighted by atomic mass is 35.5. The van der Waals surface area contributed by atoms with Crippen LogP contribution in [0.15, 0.2) is 48.5 Å². The van der Waals surface area contributed by atoms with Gasteiger partial charge in [0.1, 0.15) is 6.61 Å². The van der Waals surface area contributed by atoms with Crippen molar-refractivity contribution in [2.75, 3.05) is 36.0 Å². The highest BCUT2D eigenvalue weighted by Crippen LogP contribution is 2.35. The van der Waals surface area contributed by atoms with E-state index in [1.54, 1.807) is 4.90 Å². The summed E-state index contributed by atoms with van der Waals surface area (Å²) in [6.45, 7) is 4.79. The first-order valence-corrected chi connectivity index (χ1v) is 8.39. The summed E-state index contributed by atoms with van der Waals surface area (Å²) in [5.74, 6) is 0. The van der Waals surface area contributed by atoms with Gasteiger partial charge in [0.05, 0.1) is 12.2 Å². The van der Waals surface area contributed by atoms with Crippen molar-refractivity contribution in [3.05, 3.63) is 59.7 Å². The van der Waals surface area contributed by atoms with Gasteiger partial charge in [-0.25, -0.2) is 4.79 Å². The van der Waals surface area contributed by atoms with Crippen LogP contribution in [0.4, 0.5) is 16.2 Å². The molecule has 2 aliphatic rings. The van der Waals surface area contributed by atoms with Crippen molar-refractivity contribution in [2.45, 2.75) is 13.2 Å². The average molecular weight is 360 g/mol. The van der Waals surface area contributed by atoms with Gasteiger partial charge in [-0.3, -0.25) is 4.90 Å². The molecule has 0 unspecified atom stereocenters. The minimum atomic E-state index is -0.274. The Hall–Kier alpha value is -2.24. The molecule has 2 aromatic carbocycles. The molecule has 0 aliphatic carbocycles. The maximum Gasteiger partial charge on any atom is 0.414 e. The third-order valence-electron chi connectivity index (χ3n) is 4.62. The standard InChI is InChI=1S/C19H21N3O2.ClH/c23-19-22(13-15-5-2-1-3-6-15)18-8-4-7-17(16(18)14-24-19)21-11-9-20-10-12-21;/h1-8,20H,9-14H2;1H. The van der Waals surface area contributed by atoms with E-state index in [0.29, 0.717) is 13.2 Å². The van der Waals surface area contributed by atoms with Gasteiger partial charge in [0, 0.05) is 37.4 Å². The van der Waals surface area contributed by atoms with E-state index in [2.05, 4.69) is 16.3 Å². The monoisotopic (exact) mass is 359 g/mol. The Morgan fingerprint density at radius 3 is 2.44 bits per heavy atom. The Balaban J connectivity index is 0.00000182. The number of carbonyl (C=O) groups is 1. The average Bonchev–Trinajstić information content (AvgIpc) is 2.65. The molecular weight excluding hydrogens is 338 g/mol. The van der Waals surface area contributed by atoms with Gasteiger partial charge in [0.25, 0.3) is 0 Å². The summed E-state index contributed by atoms with van der Waals surface area (Å²) in [4.78, 5) is 16.4. The molecule has 2 aliphatic heterocycles. The summed E-state index contributed by atoms with van der Waals surface area (Å²) in [5, 5.41) is 3.38. The maximum absolute atomic E-state index is 12.3. The highest BCUT2D eigenvalue weighted by Gasteiger charge is 2.29. The van der Waals surface area contributed by atoms with E-state index in [9.17, 15) is 4.79 Å². The molecule has 1 N–H and O–H groups in total. The van der Waals surface area contributed by atoms with Gasteiger partial charge < -0.3 is 15.0 Å². The Bertz CT molecular complexity index is 733. The molecule has 2 heterocycles. The van der Waals surface area contributed by atoms with Gasteiger partial charge in [0.2, 0.25) is 0 Å². The first kappa shape index (κ1) is 17.6. The number of ether oxygens (including phenoxy) is 1. The van der Waals surface area contributed by atoms with Crippen LogP contribution in [-0.4, -0.2) is 32.3 Å². The molecule has 0 bridgehead atoms. The Morgan fingerprint density at radius 1 is 0.960 bits per heavy atom. The molecule has 1 saturated heterocycles. The summed E-state index contributed by atoms with van der Waals surface area (Å²) < 4.78 is 5.47. The lowest BCUT2D eigenvalue weighted by Crippen LogP contribution is -2.44. The number of carbonyl (C=O) groups excluding carboxylic acids is 1. The molecular formula is C19H22ClN3O2. The Labute approximate surface area is 154 Å². The summed E-state index contributed by atoms with van der Waals surface area (Å²) in [6.07, 6.45) is -0.274. The minimum Gasteiger partial charge on any atom is -0.444 e. The van der Waals surface area contributed by atoms with Crippen molar-refractivity contribution in [1.29, 1.82) is 0 Å². The van der Waals surface area contributed by atoms with Crippen molar-refractivity contribution in [2.24, 2.45) is 0 Å². The fraction of sp³-hybridized carbons (Fsp3) is 0.316. The molecule has 132 valence electrons. The van der Waals surface area contributed by atoms with Gasteiger partial charge in [0.15, 0.2) is 0 Å². The second-order valence-corrected chi connectivity index (χ2v) is 6.14. The second-order valence-electron chi connectivity index (χ2n) is 6.14. The van der Waals surface area contributed by atoms with Gasteiger partial charge in [-0.05, 0) is 17.7 Å². The van der Waals surface area contributed by atoms with Crippen molar-refractivity contribution >= 4 is 29.9 Å². The lowest BCUT2D eigenvalue weighted by molar-refractivity contribution is 0.141. The van der Waals surface area contributed by atoms with E-state index >= 15 is 0 Å². The van der Waals surface area contributed by atoms with E-state index in [1.807, 2.05) is 42.5 Å². The number of amides is 1. The molecule has 25 heavy (non-hydrogen) atoms. The van der Waals surface area contributed by atoms with Crippen LogP contribution >= 0.6 is 12.4 Å². The van der Waals surface area contributed by atoms with Crippen molar-refractivity contribution in [3.63, 3.8) is 0 Å². The van der Waals surface area contributed by atoms with E-state index in [1.165, 1.54) is 5.69 Å². The number of benzene rings is 2. The quantitative estimate of drug-likeness (QED) is 0.914. The molecule has 0 saturated carbocycles. The summed E-state index contributed by atoms with van der Waals surface area (Å²) >= 11 is 0. The van der Waals surface area contributed by atoms with E-state index in [4.69, 9.17) is 4.74 Å². The van der Waals surface area contributed by atoms with Crippen LogP contribution in [-0.2, 0) is 17.9 Å². The lowest BCUT2D eigenvalue weighted by atomic mass is 10.1. The predicted molar refractivity (Wildman–Crippen MR) is 102 cm³/mol. The van der Waals surface area contributed by atoms with Crippen LogP contribution in [0, 0.1) is 0 Å². The van der Waals surface area contributed by atoms with Crippen LogP contribution in [0.2, 0.25) is 0 Å². The largest absolute Gasteiger partial charge is 0.444 e. The normalized spacial score (nSPS) is 16.7. The van der Waals surface area contributed by atoms with Crippen molar-refractivity contribution < 1.29 is 9.53 Å². The fourth-order valence-electron chi connectivity index (χ4n) is 3.39. The molecule has 5 nitrogen and oxygen atoms in total. The van der Waals surface area contributed by atoms with Crippen molar-refractivity contribution in [1.82, 2.24) is 5.32 Å². The maximum atomic E-state index is 12.3. The highest BCUT2D eigenvalue weighted by molar-refractivity contribution is 5.92. The van der Waals surface area contributed by atoms with Crippen LogP contribution in [0.5, 0.6) is 0 Å². The van der Waals surface area contributed by atoms with Crippen LogP contribution in [0.1, 0.15) is 11.1 Å². The van der Waals surface area contributed by atoms with E-state index < -0.39 is 0 Å². The number of halogens is 1. The third kappa shape index (κ3) is 3.57. The molecule has 1 amide bonds. The molecule has 0 spiro atoms. The Kier molecular flexibility index (Phi) is 5.46. The van der Waals surface area contributed by atoms with Crippen molar-refractivity contribution in [3.8, 4) is 0 Å². The predicted octanol–water partition coefficient (Wildman–Crippen LogP) is 3.17. The summed E-state index contributed by atoms with van der Waals surface area (Å²) in [5.41, 5.74) is 4.34. The fourth-order valence-corrected chi connectivity index (χ4v) is 3.39. The minimum absolute atomic E-state index is 0. The topological polar surface area (TPSA) is 44.8 Å². The lowest BCUT2D eigenvalue weighted by Gasteiger charge is -2.35. The first-order valence-electron chi connectivity index (χ1n) is 8.39. The molecule has 0 atom stereocenters. The Morgan fingerprint density at radius 2 is 1.68 bits per heavy atom. The number of fused-ring (bicyclic) bond motifs is 1. The number of cyclic esters (lactones) is 1. The number of nitrogens with one attached hydrogen (secondary N) is 1. The molecule has 1 fully saturated rings. The van der Waals surface area contributed by atoms with Crippen LogP contribution in [0.25, 0.3) is 0 Å². The SMILES string of the molecule is Cl.O=C1OCc2c(N3CCNCC3)cccc2N1Cc1ccccc1. The molecule has 0 radical (unpaired) electrons. The number of nitrogens with zero attached hydrogens (tertiary/aromatic N) is 2. The smallest absolute Gasteiger partial charge is 0.414 e. The zero-order valence-electron chi connectivity index (χ0n) is 14.0. The second kappa shape index (κ2) is 7.76. The molecule has 4 rings (SSSR count). The third-order valence-corrected chi connectivity index (χ3v) is 4.62. The zero-order valence-corrected chi connectivity index (χ0v) is 14.8. The number of anilines is 2. The van der Waals surface area contributed by atoms with E-state index in [-0.39, 0.29) is 18.5 Å². The number of hydrogen-bond donors (Lipinski definition) is 1.